The van der Waals surface area contributed by atoms with E-state index in [1.807, 2.05) is 6.92 Å². The minimum Gasteiger partial charge on any atom is -0.330 e. The van der Waals surface area contributed by atoms with Crippen molar-refractivity contribution in [3.63, 3.8) is 0 Å². The van der Waals surface area contributed by atoms with Crippen LogP contribution in [0.25, 0.3) is 0 Å². The molecule has 0 saturated carbocycles. The number of nitrogens with one attached hydrogen (secondary N) is 2. The zero-order chi connectivity index (χ0) is 21.6. The van der Waals surface area contributed by atoms with E-state index in [1.165, 1.54) is 18.1 Å². The summed E-state index contributed by atoms with van der Waals surface area (Å²) >= 11 is 0. The third-order valence-corrected chi connectivity index (χ3v) is 5.09. The van der Waals surface area contributed by atoms with Crippen LogP contribution in [-0.2, 0) is 9.59 Å². The molecule has 0 fully saturated rings. The van der Waals surface area contributed by atoms with Crippen LogP contribution in [0.2, 0.25) is 0 Å². The standard InChI is InChI=1S/C24H33N3O2/c1-15(2)19-7-9-20(10-8-19)23(16(3)4)25-17(5)24(29)27-22-13-11-21(12-14-22)26-18(6)28/h7-17,23,25H,1-6H3,(H,26,28)(H,27,29)/p+1/t17-,23-/m0/s1. The molecular weight excluding hydrogens is 362 g/mol. The van der Waals surface area contributed by atoms with E-state index in [4.69, 9.17) is 0 Å². The average molecular weight is 397 g/mol. The Morgan fingerprint density at radius 1 is 0.759 bits per heavy atom. The number of amides is 2. The van der Waals surface area contributed by atoms with Crippen molar-refractivity contribution in [1.82, 2.24) is 0 Å². The topological polar surface area (TPSA) is 74.8 Å². The molecule has 5 heteroatoms. The second-order valence-electron chi connectivity index (χ2n) is 8.32. The minimum absolute atomic E-state index is 0.0401. The molecule has 0 aliphatic heterocycles. The molecule has 2 aromatic carbocycles. The molecule has 2 atom stereocenters. The lowest BCUT2D eigenvalue weighted by Crippen LogP contribution is -2.93. The van der Waals surface area contributed by atoms with Crippen molar-refractivity contribution in [2.24, 2.45) is 5.92 Å². The van der Waals surface area contributed by atoms with E-state index >= 15 is 0 Å². The lowest BCUT2D eigenvalue weighted by Gasteiger charge is -2.23. The number of carbonyl (C=O) groups is 2. The highest BCUT2D eigenvalue weighted by Gasteiger charge is 2.26. The molecule has 4 N–H and O–H groups in total. The van der Waals surface area contributed by atoms with Gasteiger partial charge in [-0.25, -0.2) is 0 Å². The number of benzene rings is 2. The van der Waals surface area contributed by atoms with Crippen molar-refractivity contribution in [2.75, 3.05) is 10.6 Å². The third kappa shape index (κ3) is 6.71. The molecule has 0 aromatic heterocycles. The van der Waals surface area contributed by atoms with Crippen LogP contribution in [0.4, 0.5) is 11.4 Å². The molecule has 0 bridgehead atoms. The lowest BCUT2D eigenvalue weighted by atomic mass is 9.93. The van der Waals surface area contributed by atoms with Crippen LogP contribution >= 0.6 is 0 Å². The normalized spacial score (nSPS) is 13.2. The summed E-state index contributed by atoms with van der Waals surface area (Å²) in [6.45, 7) is 12.1. The Labute approximate surface area is 174 Å². The first-order valence-corrected chi connectivity index (χ1v) is 10.3. The van der Waals surface area contributed by atoms with E-state index in [0.29, 0.717) is 23.2 Å². The van der Waals surface area contributed by atoms with Gasteiger partial charge in [-0.2, -0.15) is 0 Å². The molecule has 156 valence electrons. The Morgan fingerprint density at radius 2 is 1.24 bits per heavy atom. The molecule has 0 aliphatic carbocycles. The fourth-order valence-corrected chi connectivity index (χ4v) is 3.32. The SMILES string of the molecule is CC(=O)Nc1ccc(NC(=O)[C@H](C)[NH2+][C@H](c2ccc(C(C)C)cc2)C(C)C)cc1. The quantitative estimate of drug-likeness (QED) is 0.629. The zero-order valence-electron chi connectivity index (χ0n) is 18.3. The Kier molecular flexibility index (Phi) is 7.97. The van der Waals surface area contributed by atoms with Crippen LogP contribution < -0.4 is 16.0 Å². The van der Waals surface area contributed by atoms with Gasteiger partial charge in [0.2, 0.25) is 5.91 Å². The van der Waals surface area contributed by atoms with Crippen LogP contribution in [0.3, 0.4) is 0 Å². The van der Waals surface area contributed by atoms with E-state index in [2.05, 4.69) is 67.9 Å². The summed E-state index contributed by atoms with van der Waals surface area (Å²) in [5.74, 6) is 0.743. The highest BCUT2D eigenvalue weighted by atomic mass is 16.2. The molecule has 29 heavy (non-hydrogen) atoms. The average Bonchev–Trinajstić information content (AvgIpc) is 2.66. The van der Waals surface area contributed by atoms with Gasteiger partial charge in [-0.1, -0.05) is 52.0 Å². The van der Waals surface area contributed by atoms with Crippen LogP contribution in [0.15, 0.2) is 48.5 Å². The molecule has 2 amide bonds. The molecule has 2 aromatic rings. The first-order chi connectivity index (χ1) is 13.7. The van der Waals surface area contributed by atoms with Crippen molar-refractivity contribution in [3.05, 3.63) is 59.7 Å². The predicted molar refractivity (Wildman–Crippen MR) is 119 cm³/mol. The summed E-state index contributed by atoms with van der Waals surface area (Å²) in [6.07, 6.45) is 0. The Morgan fingerprint density at radius 3 is 1.69 bits per heavy atom. The van der Waals surface area contributed by atoms with E-state index in [9.17, 15) is 9.59 Å². The molecule has 0 heterocycles. The number of carbonyl (C=O) groups excluding carboxylic acids is 2. The first-order valence-electron chi connectivity index (χ1n) is 10.3. The summed E-state index contributed by atoms with van der Waals surface area (Å²) in [4.78, 5) is 23.8. The fraction of sp³-hybridized carbons (Fsp3) is 0.417. The summed E-state index contributed by atoms with van der Waals surface area (Å²) < 4.78 is 0. The van der Waals surface area contributed by atoms with Gasteiger partial charge in [0.15, 0.2) is 6.04 Å². The maximum absolute atomic E-state index is 12.7. The van der Waals surface area contributed by atoms with Gasteiger partial charge < -0.3 is 16.0 Å². The Hall–Kier alpha value is -2.66. The molecule has 0 spiro atoms. The van der Waals surface area contributed by atoms with Crippen LogP contribution in [0.1, 0.15) is 64.6 Å². The van der Waals surface area contributed by atoms with Crippen LogP contribution in [-0.4, -0.2) is 17.9 Å². The molecule has 0 radical (unpaired) electrons. The number of rotatable bonds is 8. The third-order valence-electron chi connectivity index (χ3n) is 5.09. The predicted octanol–water partition coefficient (Wildman–Crippen LogP) is 4.06. The maximum Gasteiger partial charge on any atom is 0.282 e. The number of nitrogens with two attached hydrogens (primary N) is 1. The minimum atomic E-state index is -0.234. The van der Waals surface area contributed by atoms with Gasteiger partial charge in [-0.05, 0) is 42.7 Å². The fourth-order valence-electron chi connectivity index (χ4n) is 3.32. The second-order valence-corrected chi connectivity index (χ2v) is 8.32. The number of hydrogen-bond donors (Lipinski definition) is 3. The molecule has 0 aliphatic rings. The maximum atomic E-state index is 12.7. The molecular formula is C24H34N3O2+. The summed E-state index contributed by atoms with van der Waals surface area (Å²) in [5, 5.41) is 7.81. The summed E-state index contributed by atoms with van der Waals surface area (Å²) in [6, 6.07) is 15.8. The van der Waals surface area contributed by atoms with E-state index in [-0.39, 0.29) is 23.9 Å². The highest BCUT2D eigenvalue weighted by Crippen LogP contribution is 2.21. The molecule has 2 rings (SSSR count). The monoisotopic (exact) mass is 396 g/mol. The lowest BCUT2D eigenvalue weighted by molar-refractivity contribution is -0.718. The molecule has 0 unspecified atom stereocenters. The van der Waals surface area contributed by atoms with Crippen LogP contribution in [0, 0.1) is 5.92 Å². The molecule has 0 saturated heterocycles. The summed E-state index contributed by atoms with van der Waals surface area (Å²) in [7, 11) is 0. The van der Waals surface area contributed by atoms with Gasteiger partial charge >= 0.3 is 0 Å². The van der Waals surface area contributed by atoms with Crippen molar-refractivity contribution in [2.45, 2.75) is 59.5 Å². The zero-order valence-corrected chi connectivity index (χ0v) is 18.3. The van der Waals surface area contributed by atoms with E-state index < -0.39 is 0 Å². The van der Waals surface area contributed by atoms with Gasteiger partial charge in [0.25, 0.3) is 5.91 Å². The number of anilines is 2. The number of quaternary nitrogens is 1. The van der Waals surface area contributed by atoms with Gasteiger partial charge in [0.05, 0.1) is 0 Å². The van der Waals surface area contributed by atoms with Crippen LogP contribution in [0.5, 0.6) is 0 Å². The Bertz CT molecular complexity index is 811. The van der Waals surface area contributed by atoms with Crippen molar-refractivity contribution in [1.29, 1.82) is 0 Å². The van der Waals surface area contributed by atoms with Gasteiger partial charge in [0.1, 0.15) is 6.04 Å². The largest absolute Gasteiger partial charge is 0.330 e. The Balaban J connectivity index is 2.02. The van der Waals surface area contributed by atoms with E-state index in [1.54, 1.807) is 24.3 Å². The van der Waals surface area contributed by atoms with Gasteiger partial charge in [-0.3, -0.25) is 9.59 Å². The van der Waals surface area contributed by atoms with Gasteiger partial charge in [-0.15, -0.1) is 0 Å². The molecule has 5 nitrogen and oxygen atoms in total. The van der Waals surface area contributed by atoms with Crippen molar-refractivity contribution in [3.8, 4) is 0 Å². The smallest absolute Gasteiger partial charge is 0.282 e. The van der Waals surface area contributed by atoms with Gasteiger partial charge in [0, 0.05) is 29.8 Å². The second kappa shape index (κ2) is 10.2. The summed E-state index contributed by atoms with van der Waals surface area (Å²) in [5.41, 5.74) is 3.99. The van der Waals surface area contributed by atoms with E-state index in [0.717, 1.165) is 0 Å². The van der Waals surface area contributed by atoms with Crippen molar-refractivity contribution < 1.29 is 14.9 Å². The highest BCUT2D eigenvalue weighted by molar-refractivity contribution is 5.94. The number of hydrogen-bond acceptors (Lipinski definition) is 2. The van der Waals surface area contributed by atoms with Crippen molar-refractivity contribution >= 4 is 23.2 Å². The first kappa shape index (κ1) is 22.6.